The highest BCUT2D eigenvalue weighted by atomic mass is 32.2. The number of rotatable bonds is 22. The zero-order chi connectivity index (χ0) is 36.8. The highest BCUT2D eigenvalue weighted by Gasteiger charge is 2.26. The smallest absolute Gasteiger partial charge is 0.467 e. The first-order valence-corrected chi connectivity index (χ1v) is 18.9. The molecule has 0 aliphatic heterocycles. The molecular weight excluding hydrogens is 660 g/mol. The third-order valence-corrected chi connectivity index (χ3v) is 8.58. The molecule has 0 unspecified atom stereocenters. The first-order valence-electron chi connectivity index (χ1n) is 17.5. The van der Waals surface area contributed by atoms with E-state index in [9.17, 15) is 28.3 Å². The Labute approximate surface area is 297 Å². The van der Waals surface area contributed by atoms with Gasteiger partial charge in [-0.3, -0.25) is 4.79 Å². The maximum Gasteiger partial charge on any atom is 0.467 e. The van der Waals surface area contributed by atoms with Crippen LogP contribution in [0.4, 0.5) is 5.69 Å². The quantitative estimate of drug-likeness (QED) is 0.0460. The fourth-order valence-electron chi connectivity index (χ4n) is 4.93. The van der Waals surface area contributed by atoms with E-state index in [1.807, 2.05) is 12.1 Å². The van der Waals surface area contributed by atoms with Gasteiger partial charge in [0.2, 0.25) is 16.9 Å². The Morgan fingerprint density at radius 3 is 1.68 bits per heavy atom. The summed E-state index contributed by atoms with van der Waals surface area (Å²) in [5, 5.41) is 19.4. The minimum absolute atomic E-state index is 0.257. The van der Waals surface area contributed by atoms with Crippen LogP contribution in [0.25, 0.3) is 4.98 Å². The van der Waals surface area contributed by atoms with Gasteiger partial charge in [0.15, 0.2) is 10.8 Å². The number of unbranched alkanes of at least 4 members (excludes halogenated alkanes) is 9. The largest absolute Gasteiger partial charge is 0.744 e. The molecule has 0 spiro atoms. The predicted octanol–water partition coefficient (Wildman–Crippen LogP) is 9.58. The lowest BCUT2D eigenvalue weighted by Crippen LogP contribution is -2.07. The summed E-state index contributed by atoms with van der Waals surface area (Å²) in [4.78, 5) is 15.0. The number of carbonyl (C=O) groups is 1. The number of nitrogens with zero attached hydrogens (tertiary/aromatic N) is 2. The van der Waals surface area contributed by atoms with Crippen molar-refractivity contribution in [1.82, 2.24) is 0 Å². The predicted molar refractivity (Wildman–Crippen MR) is 193 cm³/mol. The van der Waals surface area contributed by atoms with E-state index in [2.05, 4.69) is 25.7 Å². The van der Waals surface area contributed by atoms with Crippen molar-refractivity contribution in [3.8, 4) is 28.7 Å². The maximum atomic E-state index is 12.2. The number of methoxy groups -OCH3 is 1. The molecule has 3 aromatic carbocycles. The molecule has 0 heterocycles. The van der Waals surface area contributed by atoms with Gasteiger partial charge in [-0.05, 0) is 25.3 Å². The van der Waals surface area contributed by atoms with Crippen molar-refractivity contribution in [3.63, 3.8) is 0 Å². The van der Waals surface area contributed by atoms with Crippen molar-refractivity contribution in [2.45, 2.75) is 103 Å². The van der Waals surface area contributed by atoms with E-state index < -0.39 is 26.5 Å². The Morgan fingerprint density at radius 2 is 1.24 bits per heavy atom. The van der Waals surface area contributed by atoms with E-state index in [4.69, 9.17) is 18.9 Å². The van der Waals surface area contributed by atoms with E-state index in [-0.39, 0.29) is 16.9 Å². The molecule has 0 radical (unpaired) electrons. The number of benzene rings is 3. The molecule has 0 amide bonds. The van der Waals surface area contributed by atoms with Gasteiger partial charge in [-0.15, -0.1) is 0 Å². The van der Waals surface area contributed by atoms with Crippen molar-refractivity contribution < 1.29 is 41.8 Å². The average Bonchev–Trinajstić information content (AvgIpc) is 3.11. The molecule has 0 saturated carbocycles. The topological polar surface area (TPSA) is 160 Å². The standard InChI is InChI=1S/C24H41N2O3.C14H12O6S/c1-4-7-10-13-16-27-21-19-22(28-17-14-11-8-5-2)24(26-25)23(20-21)29-18-15-12-9-6-3;1-20-12-8-11(15)10(7-13(12)21(17,18)19)14(16)9-5-3-2-4-6-9/h19-20H,4-18H2,1-3H3;2-8,15H,1H3,(H,17,18,19)/q+1;/p-1. The first-order chi connectivity index (χ1) is 24.1. The molecule has 3 rings (SSSR count). The van der Waals surface area contributed by atoms with Crippen molar-refractivity contribution >= 4 is 21.6 Å². The van der Waals surface area contributed by atoms with E-state index in [1.165, 1.54) is 57.1 Å². The Bertz CT molecular complexity index is 1570. The SMILES string of the molecule is CCCCCCOc1cc(OCCCCCC)c([N+]#N)c(OCCCCCC)c1.COc1cc(O)c(C(=O)c2ccccc2)cc1S(=O)(=O)[O-]. The van der Waals surface area contributed by atoms with Crippen LogP contribution in [0, 0.1) is 5.39 Å². The van der Waals surface area contributed by atoms with Crippen LogP contribution in [0.15, 0.2) is 59.5 Å². The molecule has 0 bridgehead atoms. The summed E-state index contributed by atoms with van der Waals surface area (Å²) in [6, 6.07) is 13.4. The second-order valence-corrected chi connectivity index (χ2v) is 13.1. The number of ether oxygens (including phenoxy) is 4. The number of carbonyl (C=O) groups excluding carboxylic acids is 1. The Balaban J connectivity index is 0.000000364. The van der Waals surface area contributed by atoms with Crippen LogP contribution in [0.3, 0.4) is 0 Å². The lowest BCUT2D eigenvalue weighted by molar-refractivity contribution is 0.103. The summed E-state index contributed by atoms with van der Waals surface area (Å²) in [5.74, 6) is 0.388. The maximum absolute atomic E-state index is 12.2. The summed E-state index contributed by atoms with van der Waals surface area (Å²) < 4.78 is 56.2. The molecule has 0 aliphatic rings. The van der Waals surface area contributed by atoms with Gasteiger partial charge in [0, 0.05) is 23.8 Å². The van der Waals surface area contributed by atoms with Gasteiger partial charge >= 0.3 is 5.69 Å². The second-order valence-electron chi connectivity index (χ2n) is 11.8. The van der Waals surface area contributed by atoms with Gasteiger partial charge in [0.25, 0.3) is 0 Å². The molecule has 11 nitrogen and oxygen atoms in total. The molecule has 0 aromatic heterocycles. The number of hydrogen-bond donors (Lipinski definition) is 1. The third kappa shape index (κ3) is 14.3. The molecule has 0 saturated heterocycles. The summed E-state index contributed by atoms with van der Waals surface area (Å²) in [6.07, 6.45) is 13.6. The minimum atomic E-state index is -4.84. The number of phenolic OH excluding ortho intramolecular Hbond substituents is 1. The van der Waals surface area contributed by atoms with Crippen molar-refractivity contribution in [3.05, 3.63) is 70.7 Å². The fraction of sp³-hybridized carbons (Fsp3) is 0.500. The van der Waals surface area contributed by atoms with Crippen molar-refractivity contribution in [2.75, 3.05) is 26.9 Å². The monoisotopic (exact) mass is 712 g/mol. The molecule has 0 fully saturated rings. The Morgan fingerprint density at radius 1 is 0.740 bits per heavy atom. The van der Waals surface area contributed by atoms with Crippen LogP contribution in [0.1, 0.15) is 114 Å². The van der Waals surface area contributed by atoms with Crippen LogP contribution in [0.5, 0.6) is 28.7 Å². The number of ketones is 1. The second kappa shape index (κ2) is 23.1. The van der Waals surface area contributed by atoms with E-state index in [0.29, 0.717) is 42.8 Å². The fourth-order valence-corrected chi connectivity index (χ4v) is 5.58. The number of aromatic hydroxyl groups is 1. The van der Waals surface area contributed by atoms with Crippen LogP contribution >= 0.6 is 0 Å². The van der Waals surface area contributed by atoms with Crippen LogP contribution in [-0.2, 0) is 10.1 Å². The van der Waals surface area contributed by atoms with E-state index in [0.717, 1.165) is 51.3 Å². The molecule has 0 aliphatic carbocycles. The highest BCUT2D eigenvalue weighted by molar-refractivity contribution is 7.85. The molecule has 0 atom stereocenters. The zero-order valence-electron chi connectivity index (χ0n) is 29.8. The lowest BCUT2D eigenvalue weighted by atomic mass is 10.0. The van der Waals surface area contributed by atoms with E-state index in [1.54, 1.807) is 18.2 Å². The summed E-state index contributed by atoms with van der Waals surface area (Å²) in [6.45, 7) is 8.44. The summed E-state index contributed by atoms with van der Waals surface area (Å²) >= 11 is 0. The van der Waals surface area contributed by atoms with Crippen LogP contribution in [0.2, 0.25) is 0 Å². The van der Waals surface area contributed by atoms with Gasteiger partial charge in [0.1, 0.15) is 27.4 Å². The van der Waals surface area contributed by atoms with Gasteiger partial charge in [-0.2, -0.15) is 0 Å². The van der Waals surface area contributed by atoms with E-state index >= 15 is 0 Å². The van der Waals surface area contributed by atoms with Gasteiger partial charge < -0.3 is 28.6 Å². The first kappa shape index (κ1) is 41.8. The molecule has 12 heteroatoms. The molecule has 50 heavy (non-hydrogen) atoms. The van der Waals surface area contributed by atoms with Crippen molar-refractivity contribution in [2.24, 2.45) is 0 Å². The third-order valence-electron chi connectivity index (χ3n) is 7.72. The zero-order valence-corrected chi connectivity index (χ0v) is 30.6. The van der Waals surface area contributed by atoms with Crippen LogP contribution < -0.4 is 18.9 Å². The van der Waals surface area contributed by atoms with Gasteiger partial charge in [0.05, 0.1) is 37.4 Å². The molecule has 3 aromatic rings. The molecule has 1 N–H and O–H groups in total. The molecular formula is C38H52N2O9S. The Hall–Kier alpha value is -4.34. The van der Waals surface area contributed by atoms with Gasteiger partial charge in [-0.1, -0.05) is 109 Å². The molecule has 274 valence electrons. The van der Waals surface area contributed by atoms with Crippen LogP contribution in [-0.4, -0.2) is 50.8 Å². The highest BCUT2D eigenvalue weighted by Crippen LogP contribution is 2.42. The number of diazo groups is 1. The normalized spacial score (nSPS) is 10.8. The summed E-state index contributed by atoms with van der Waals surface area (Å²) in [5.41, 5.74) is 0.331. The Kier molecular flexibility index (Phi) is 19.4. The number of hydrogen-bond acceptors (Lipinski definition) is 10. The number of phenols is 1. The minimum Gasteiger partial charge on any atom is -0.744 e. The van der Waals surface area contributed by atoms with Crippen molar-refractivity contribution in [1.29, 1.82) is 5.39 Å². The summed E-state index contributed by atoms with van der Waals surface area (Å²) in [7, 11) is -3.68. The lowest BCUT2D eigenvalue weighted by Gasteiger charge is -2.14. The van der Waals surface area contributed by atoms with Gasteiger partial charge in [-0.25, -0.2) is 8.42 Å². The average molecular weight is 713 g/mol.